The number of benzene rings is 1. The molecule has 0 aliphatic heterocycles. The largest absolute Gasteiger partial charge is 0.280 e. The van der Waals surface area contributed by atoms with E-state index in [1.165, 1.54) is 0 Å². The third-order valence-electron chi connectivity index (χ3n) is 4.03. The van der Waals surface area contributed by atoms with Crippen LogP contribution in [-0.2, 0) is 4.79 Å². The molecular formula is C19H14ClN7O. The van der Waals surface area contributed by atoms with Gasteiger partial charge in [-0.1, -0.05) is 23.7 Å². The third-order valence-corrected chi connectivity index (χ3v) is 4.28. The fourth-order valence-corrected chi connectivity index (χ4v) is 2.91. The Morgan fingerprint density at radius 1 is 1.04 bits per heavy atom. The maximum atomic E-state index is 10.7. The molecule has 0 aliphatic carbocycles. The summed E-state index contributed by atoms with van der Waals surface area (Å²) in [5.74, 6) is 1.08. The average molecular weight is 392 g/mol. The molecule has 0 fully saturated rings. The maximum Gasteiger partial charge on any atom is 0.225 e. The first-order valence-electron chi connectivity index (χ1n) is 8.29. The van der Waals surface area contributed by atoms with Crippen LogP contribution in [-0.4, -0.2) is 31.4 Å². The second kappa shape index (κ2) is 7.85. The zero-order valence-corrected chi connectivity index (χ0v) is 15.2. The lowest BCUT2D eigenvalue weighted by molar-refractivity contribution is -0.109. The van der Waals surface area contributed by atoms with Gasteiger partial charge in [-0.3, -0.25) is 15.6 Å². The van der Waals surface area contributed by atoms with E-state index in [0.717, 1.165) is 22.3 Å². The van der Waals surface area contributed by atoms with Crippen molar-refractivity contribution in [1.82, 2.24) is 30.4 Å². The third kappa shape index (κ3) is 3.53. The molecule has 0 aliphatic rings. The van der Waals surface area contributed by atoms with Crippen LogP contribution in [0.4, 0.5) is 5.82 Å². The number of amides is 1. The smallest absolute Gasteiger partial charge is 0.225 e. The molecule has 2 N–H and O–H groups in total. The van der Waals surface area contributed by atoms with E-state index in [4.69, 9.17) is 11.6 Å². The van der Waals surface area contributed by atoms with Crippen LogP contribution in [0.2, 0.25) is 5.02 Å². The lowest BCUT2D eigenvalue weighted by Gasteiger charge is -2.14. The lowest BCUT2D eigenvalue weighted by atomic mass is 9.98. The predicted molar refractivity (Wildman–Crippen MR) is 106 cm³/mol. The molecule has 0 saturated heterocycles. The van der Waals surface area contributed by atoms with Crippen LogP contribution < -0.4 is 10.9 Å². The van der Waals surface area contributed by atoms with E-state index in [9.17, 15) is 4.79 Å². The summed E-state index contributed by atoms with van der Waals surface area (Å²) in [5.41, 5.74) is 8.43. The van der Waals surface area contributed by atoms with Crippen LogP contribution in [0.5, 0.6) is 0 Å². The molecule has 28 heavy (non-hydrogen) atoms. The van der Waals surface area contributed by atoms with Gasteiger partial charge in [-0.05, 0) is 35.9 Å². The standard InChI is InChI=1S/C19H14ClN7O/c20-15-5-2-13(3-6-15)16-11-22-25-19(26-23-12-28)18(16)14-4-7-17(21-10-14)27-9-1-8-24-27/h1-12H,(H,23,28)(H,25,26). The first-order chi connectivity index (χ1) is 13.8. The van der Waals surface area contributed by atoms with E-state index in [0.29, 0.717) is 23.1 Å². The summed E-state index contributed by atoms with van der Waals surface area (Å²) in [6.45, 7) is 0. The summed E-state index contributed by atoms with van der Waals surface area (Å²) < 4.78 is 1.67. The topological polar surface area (TPSA) is 97.6 Å². The molecule has 3 heterocycles. The number of anilines is 1. The quantitative estimate of drug-likeness (QED) is 0.387. The number of hydrogen-bond donors (Lipinski definition) is 2. The van der Waals surface area contributed by atoms with Crippen molar-refractivity contribution in [3.05, 3.63) is 72.3 Å². The zero-order chi connectivity index (χ0) is 19.3. The minimum Gasteiger partial charge on any atom is -0.280 e. The van der Waals surface area contributed by atoms with E-state index in [1.807, 2.05) is 36.5 Å². The van der Waals surface area contributed by atoms with Gasteiger partial charge in [-0.2, -0.15) is 10.2 Å². The van der Waals surface area contributed by atoms with Gasteiger partial charge in [0.2, 0.25) is 6.41 Å². The van der Waals surface area contributed by atoms with E-state index in [1.54, 1.807) is 35.4 Å². The number of hydrogen-bond acceptors (Lipinski definition) is 6. The van der Waals surface area contributed by atoms with Crippen molar-refractivity contribution in [2.24, 2.45) is 0 Å². The average Bonchev–Trinajstić information content (AvgIpc) is 3.28. The normalized spacial score (nSPS) is 10.5. The number of nitrogens with zero attached hydrogens (tertiary/aromatic N) is 5. The highest BCUT2D eigenvalue weighted by Gasteiger charge is 2.15. The van der Waals surface area contributed by atoms with Gasteiger partial charge in [0, 0.05) is 40.3 Å². The number of halogens is 1. The molecular weight excluding hydrogens is 378 g/mol. The Bertz CT molecular complexity index is 1080. The van der Waals surface area contributed by atoms with Crippen molar-refractivity contribution in [2.75, 3.05) is 5.43 Å². The van der Waals surface area contributed by atoms with Crippen LogP contribution in [0.15, 0.2) is 67.3 Å². The Labute approximate surface area is 165 Å². The second-order valence-corrected chi connectivity index (χ2v) is 6.17. The number of carbonyl (C=O) groups is 1. The van der Waals surface area contributed by atoms with Crippen LogP contribution in [0.25, 0.3) is 28.1 Å². The van der Waals surface area contributed by atoms with Crippen molar-refractivity contribution in [3.63, 3.8) is 0 Å². The highest BCUT2D eigenvalue weighted by atomic mass is 35.5. The molecule has 3 aromatic heterocycles. The Kier molecular flexibility index (Phi) is 4.94. The Morgan fingerprint density at radius 3 is 2.54 bits per heavy atom. The molecule has 138 valence electrons. The van der Waals surface area contributed by atoms with Crippen molar-refractivity contribution < 1.29 is 4.79 Å². The number of nitrogens with one attached hydrogen (secondary N) is 2. The summed E-state index contributed by atoms with van der Waals surface area (Å²) in [6, 6.07) is 13.0. The number of carbonyl (C=O) groups excluding carboxylic acids is 1. The molecule has 0 spiro atoms. The molecule has 1 amide bonds. The number of aromatic nitrogens is 5. The fraction of sp³-hybridized carbons (Fsp3) is 0. The molecule has 0 radical (unpaired) electrons. The van der Waals surface area contributed by atoms with Gasteiger partial charge in [0.1, 0.15) is 0 Å². The van der Waals surface area contributed by atoms with E-state index >= 15 is 0 Å². The molecule has 8 nitrogen and oxygen atoms in total. The molecule has 4 rings (SSSR count). The number of hydrazine groups is 1. The van der Waals surface area contributed by atoms with Gasteiger partial charge in [-0.25, -0.2) is 9.67 Å². The van der Waals surface area contributed by atoms with E-state index in [-0.39, 0.29) is 0 Å². The van der Waals surface area contributed by atoms with Gasteiger partial charge in [0.05, 0.1) is 6.20 Å². The first-order valence-corrected chi connectivity index (χ1v) is 8.67. The number of rotatable bonds is 6. The molecule has 0 atom stereocenters. The van der Waals surface area contributed by atoms with Gasteiger partial charge < -0.3 is 0 Å². The van der Waals surface area contributed by atoms with Crippen LogP contribution >= 0.6 is 11.6 Å². The van der Waals surface area contributed by atoms with Gasteiger partial charge >= 0.3 is 0 Å². The van der Waals surface area contributed by atoms with Gasteiger partial charge in [0.25, 0.3) is 0 Å². The summed E-state index contributed by atoms with van der Waals surface area (Å²) in [6.07, 6.45) is 7.41. The van der Waals surface area contributed by atoms with Crippen LogP contribution in [0.1, 0.15) is 0 Å². The molecule has 0 unspecified atom stereocenters. The Hall–Kier alpha value is -3.78. The summed E-state index contributed by atoms with van der Waals surface area (Å²) in [5, 5.41) is 13.0. The predicted octanol–water partition coefficient (Wildman–Crippen LogP) is 3.12. The van der Waals surface area contributed by atoms with Crippen molar-refractivity contribution in [1.29, 1.82) is 0 Å². The van der Waals surface area contributed by atoms with E-state index < -0.39 is 0 Å². The highest BCUT2D eigenvalue weighted by molar-refractivity contribution is 6.30. The van der Waals surface area contributed by atoms with Crippen molar-refractivity contribution in [2.45, 2.75) is 0 Å². The first kappa shape index (κ1) is 17.6. The maximum absolute atomic E-state index is 10.7. The molecule has 1 aromatic carbocycles. The zero-order valence-electron chi connectivity index (χ0n) is 14.5. The number of pyridine rings is 1. The van der Waals surface area contributed by atoms with Crippen molar-refractivity contribution >= 4 is 23.8 Å². The van der Waals surface area contributed by atoms with Crippen molar-refractivity contribution in [3.8, 4) is 28.1 Å². The van der Waals surface area contributed by atoms with Gasteiger partial charge in [0.15, 0.2) is 11.6 Å². The molecule has 9 heteroatoms. The monoisotopic (exact) mass is 391 g/mol. The summed E-state index contributed by atoms with van der Waals surface area (Å²) >= 11 is 6.01. The second-order valence-electron chi connectivity index (χ2n) is 5.73. The van der Waals surface area contributed by atoms with Crippen LogP contribution in [0.3, 0.4) is 0 Å². The minimum absolute atomic E-state index is 0.396. The fourth-order valence-electron chi connectivity index (χ4n) is 2.79. The van der Waals surface area contributed by atoms with Gasteiger partial charge in [-0.15, -0.1) is 5.10 Å². The molecule has 0 bridgehead atoms. The molecule has 0 saturated carbocycles. The van der Waals surface area contributed by atoms with Crippen LogP contribution in [0, 0.1) is 0 Å². The summed E-state index contributed by atoms with van der Waals surface area (Å²) in [4.78, 5) is 15.2. The highest BCUT2D eigenvalue weighted by Crippen LogP contribution is 2.36. The SMILES string of the molecule is O=CNNc1nncc(-c2ccc(Cl)cc2)c1-c1ccc(-n2cccn2)nc1. The Balaban J connectivity index is 1.83. The summed E-state index contributed by atoms with van der Waals surface area (Å²) in [7, 11) is 0. The minimum atomic E-state index is 0.396. The molecule has 4 aromatic rings. The van der Waals surface area contributed by atoms with E-state index in [2.05, 4.69) is 31.1 Å². The lowest BCUT2D eigenvalue weighted by Crippen LogP contribution is -2.21. The Morgan fingerprint density at radius 2 is 1.86 bits per heavy atom.